The summed E-state index contributed by atoms with van der Waals surface area (Å²) in [6.45, 7) is 36.0. The van der Waals surface area contributed by atoms with E-state index < -0.39 is 0 Å². The van der Waals surface area contributed by atoms with Gasteiger partial charge in [-0.25, -0.2) is 0 Å². The van der Waals surface area contributed by atoms with Crippen LogP contribution in [0.2, 0.25) is 0 Å². The maximum absolute atomic E-state index is 4.96. The Hall–Kier alpha value is -12.1. The highest BCUT2D eigenvalue weighted by atomic mass is 14.7. The second-order valence-electron chi connectivity index (χ2n) is 24.8. The minimum absolute atomic E-state index is 0.342. The molecule has 0 saturated carbocycles. The number of aromatic nitrogens is 6. The fourth-order valence-electron chi connectivity index (χ4n) is 14.7. The molecule has 0 aliphatic heterocycles. The van der Waals surface area contributed by atoms with Crippen LogP contribution in [0.25, 0.3) is 120 Å². The highest BCUT2D eigenvalue weighted by molar-refractivity contribution is 6.19. The summed E-state index contributed by atoms with van der Waals surface area (Å²) in [6.07, 6.45) is 23.2. The summed E-state index contributed by atoms with van der Waals surface area (Å²) in [5, 5.41) is 18.3. The molecule has 0 saturated heterocycles. The molecule has 6 heterocycles. The Kier molecular flexibility index (Phi) is 34.6. The molecule has 0 spiro atoms. The molecule has 113 heavy (non-hydrogen) atoms. The predicted octanol–water partition coefficient (Wildman–Crippen LogP) is 30.7. The number of hydrogen-bond donors (Lipinski definition) is 0. The van der Waals surface area contributed by atoms with Crippen molar-refractivity contribution in [1.29, 1.82) is 0 Å². The molecule has 2 aliphatic carbocycles. The molecule has 2 aliphatic rings. The zero-order valence-electron chi connectivity index (χ0n) is 70.2. The van der Waals surface area contributed by atoms with Crippen molar-refractivity contribution in [3.63, 3.8) is 0 Å². The first-order valence-corrected chi connectivity index (χ1v) is 41.6. The fourth-order valence-corrected chi connectivity index (χ4v) is 14.7. The van der Waals surface area contributed by atoms with E-state index in [0.29, 0.717) is 5.92 Å². The van der Waals surface area contributed by atoms with E-state index in [0.717, 1.165) is 65.1 Å². The molecule has 0 amide bonds. The van der Waals surface area contributed by atoms with Gasteiger partial charge < -0.3 is 0 Å². The van der Waals surface area contributed by atoms with Crippen molar-refractivity contribution in [1.82, 2.24) is 29.9 Å². The normalized spacial score (nSPS) is 11.2. The Morgan fingerprint density at radius 2 is 0.699 bits per heavy atom. The van der Waals surface area contributed by atoms with Crippen molar-refractivity contribution in [3.05, 3.63) is 373 Å². The summed E-state index contributed by atoms with van der Waals surface area (Å²) in [5.74, 6) is 0.342. The first-order valence-electron chi connectivity index (χ1n) is 41.6. The molecule has 0 fully saturated rings. The molecule has 0 bridgehead atoms. The van der Waals surface area contributed by atoms with E-state index in [1.165, 1.54) is 131 Å². The number of nitrogens with zero attached hydrogens (tertiary/aromatic N) is 6. The number of pyridine rings is 6. The lowest BCUT2D eigenvalue weighted by Crippen LogP contribution is -2.15. The predicted molar refractivity (Wildman–Crippen MR) is 495 cm³/mol. The van der Waals surface area contributed by atoms with E-state index >= 15 is 0 Å². The van der Waals surface area contributed by atoms with E-state index in [9.17, 15) is 0 Å². The van der Waals surface area contributed by atoms with Crippen LogP contribution in [0.5, 0.6) is 0 Å². The molecule has 6 aromatic heterocycles. The molecular formula is C107H116N6. The molecule has 0 radical (unpaired) electrons. The van der Waals surface area contributed by atoms with Gasteiger partial charge in [0.1, 0.15) is 0 Å². The number of rotatable bonds is 9. The lowest BCUT2D eigenvalue weighted by molar-refractivity contribution is 0.936. The summed E-state index contributed by atoms with van der Waals surface area (Å²) in [4.78, 5) is 26.7. The van der Waals surface area contributed by atoms with Crippen molar-refractivity contribution in [2.45, 2.75) is 156 Å². The van der Waals surface area contributed by atoms with Gasteiger partial charge in [-0.3, -0.25) is 29.9 Å². The third-order valence-electron chi connectivity index (χ3n) is 19.2. The topological polar surface area (TPSA) is 77.3 Å². The van der Waals surface area contributed by atoms with Crippen LogP contribution in [-0.2, 0) is 25.7 Å². The van der Waals surface area contributed by atoms with Crippen molar-refractivity contribution in [2.24, 2.45) is 0 Å². The highest BCUT2D eigenvalue weighted by Gasteiger charge is 2.30. The largest absolute Gasteiger partial charge is 0.265 e. The lowest BCUT2D eigenvalue weighted by Gasteiger charge is -2.32. The van der Waals surface area contributed by atoms with Crippen LogP contribution in [0, 0.1) is 0 Å². The third kappa shape index (κ3) is 20.0. The number of hydrogen-bond acceptors (Lipinski definition) is 6. The molecule has 1 unspecified atom stereocenters. The van der Waals surface area contributed by atoms with Crippen LogP contribution in [-0.4, -0.2) is 29.9 Å². The Morgan fingerprint density at radius 3 is 1.18 bits per heavy atom. The van der Waals surface area contributed by atoms with Gasteiger partial charge in [0, 0.05) is 84.3 Å². The van der Waals surface area contributed by atoms with Crippen molar-refractivity contribution in [2.75, 3.05) is 0 Å². The van der Waals surface area contributed by atoms with Gasteiger partial charge in [-0.05, 0) is 223 Å². The minimum Gasteiger partial charge on any atom is -0.265 e. The van der Waals surface area contributed by atoms with Gasteiger partial charge in [-0.2, -0.15) is 0 Å². The molecule has 11 aromatic carbocycles. The van der Waals surface area contributed by atoms with Gasteiger partial charge in [0.15, 0.2) is 0 Å². The second-order valence-corrected chi connectivity index (χ2v) is 24.8. The lowest BCUT2D eigenvalue weighted by atomic mass is 9.71. The average molecular weight is 1490 g/mol. The summed E-state index contributed by atoms with van der Waals surface area (Å²) in [6, 6.07) is 93.4. The van der Waals surface area contributed by atoms with Crippen LogP contribution in [0.15, 0.2) is 323 Å². The highest BCUT2D eigenvalue weighted by Crippen LogP contribution is 2.50. The Labute approximate surface area is 675 Å². The number of benzene rings is 11. The van der Waals surface area contributed by atoms with E-state index in [2.05, 4.69) is 252 Å². The van der Waals surface area contributed by atoms with Gasteiger partial charge in [0.25, 0.3) is 0 Å². The molecular weight excluding hydrogens is 1370 g/mol. The molecule has 0 N–H and O–H groups in total. The molecule has 574 valence electrons. The van der Waals surface area contributed by atoms with E-state index in [1.54, 1.807) is 12.4 Å². The van der Waals surface area contributed by atoms with Gasteiger partial charge in [-0.15, -0.1) is 0 Å². The summed E-state index contributed by atoms with van der Waals surface area (Å²) in [7, 11) is 0. The molecule has 6 heteroatoms. The quantitative estimate of drug-likeness (QED) is 0.106. The van der Waals surface area contributed by atoms with Crippen LogP contribution in [0.3, 0.4) is 0 Å². The monoisotopic (exact) mass is 1480 g/mol. The molecule has 19 rings (SSSR count). The molecule has 1 atom stereocenters. The maximum atomic E-state index is 4.96. The Bertz CT molecular complexity index is 5770. The molecule has 17 aromatic rings. The van der Waals surface area contributed by atoms with E-state index in [1.807, 2.05) is 198 Å². The van der Waals surface area contributed by atoms with Gasteiger partial charge in [-0.1, -0.05) is 325 Å². The SMILES string of the molecule is C1=CC2c3c(ccc(Cc4ccc(-c5ccncc5)nc4)c3C1)-c1cccc3cccc2c13.CC.CC.CC.CC.CC.CC.CC.CC.CC.c1cc(Cc2cc3c4ccccc4ccc3c3ccccc23)nc(-c2ccncc2)c1.c1ccc2c(c1)ccc1c3ccccc3c(Cc3ccc(-c4ccncc4)nc3)cc21. The Balaban J connectivity index is 0.000000193. The van der Waals surface area contributed by atoms with Crippen LogP contribution >= 0.6 is 0 Å². The summed E-state index contributed by atoms with van der Waals surface area (Å²) < 4.78 is 0. The van der Waals surface area contributed by atoms with Crippen molar-refractivity contribution < 1.29 is 0 Å². The third-order valence-corrected chi connectivity index (χ3v) is 19.2. The van der Waals surface area contributed by atoms with Crippen LogP contribution in [0.4, 0.5) is 0 Å². The summed E-state index contributed by atoms with van der Waals surface area (Å²) in [5.41, 5.74) is 21.0. The smallest absolute Gasteiger partial charge is 0.0706 e. The van der Waals surface area contributed by atoms with E-state index in [-0.39, 0.29) is 0 Å². The van der Waals surface area contributed by atoms with Gasteiger partial charge in [0.2, 0.25) is 0 Å². The van der Waals surface area contributed by atoms with Crippen molar-refractivity contribution in [3.8, 4) is 44.9 Å². The first-order chi connectivity index (χ1) is 56.1. The zero-order chi connectivity index (χ0) is 81.0. The van der Waals surface area contributed by atoms with Gasteiger partial charge >= 0.3 is 0 Å². The second kappa shape index (κ2) is 45.3. The van der Waals surface area contributed by atoms with E-state index in [4.69, 9.17) is 15.0 Å². The standard InChI is InChI=1S/C31H22N2.2C29H20N2.9C2H6/c1-4-22-5-2-8-26-28-12-11-23(24-6-3-9-27(31(24)28)25(7-1)30(22)26)18-20-10-13-29(33-19-20)21-14-16-32-17-15-21;1-2-8-24-20(6-1)12-13-27-26-10-4-3-9-25(26)22(19-28(24)27)18-23-7-5-11-29(31-23)21-14-16-30-17-15-21;1-2-6-24-21(5-1)10-11-27-26-8-4-3-7-25(26)23(18-28(24)27)17-20-9-12-29(31-19-20)22-13-15-30-16-14-22;9*1-2/h1-5,7-17,19,27H,6,18H2;1-17,19H,18H2;1-16,18-19H,17H2;9*1-2H3. The van der Waals surface area contributed by atoms with Crippen molar-refractivity contribution >= 4 is 75.4 Å². The first kappa shape index (κ1) is 86.5. The number of fused-ring (bicyclic) bond motifs is 12. The zero-order valence-corrected chi connectivity index (χ0v) is 70.2. The molecule has 6 nitrogen and oxygen atoms in total. The van der Waals surface area contributed by atoms with Crippen LogP contribution < -0.4 is 0 Å². The Morgan fingerprint density at radius 1 is 0.292 bits per heavy atom. The summed E-state index contributed by atoms with van der Waals surface area (Å²) >= 11 is 0. The van der Waals surface area contributed by atoms with Gasteiger partial charge in [0.05, 0.1) is 17.1 Å². The minimum atomic E-state index is 0.342. The fraction of sp³-hybridized carbons (Fsp3) is 0.215. The average Bonchev–Trinajstić information content (AvgIpc) is 0.730. The van der Waals surface area contributed by atoms with Crippen LogP contribution in [0.1, 0.15) is 181 Å². The maximum Gasteiger partial charge on any atom is 0.0706 e. The number of allylic oxidation sites excluding steroid dienone is 2.